The number of rotatable bonds is 0. The van der Waals surface area contributed by atoms with Gasteiger partial charge in [0.2, 0.25) is 0 Å². The van der Waals surface area contributed by atoms with Crippen molar-refractivity contribution < 1.29 is 9.53 Å². The number of halogens is 1. The van der Waals surface area contributed by atoms with Crippen LogP contribution in [0.1, 0.15) is 45.4 Å². The number of benzene rings is 1. The van der Waals surface area contributed by atoms with Crippen molar-refractivity contribution in [2.45, 2.75) is 52.6 Å². The van der Waals surface area contributed by atoms with Gasteiger partial charge in [-0.1, -0.05) is 22.9 Å². The maximum absolute atomic E-state index is 12.7. The van der Waals surface area contributed by atoms with Gasteiger partial charge < -0.3 is 4.74 Å². The van der Waals surface area contributed by atoms with E-state index in [0.717, 1.165) is 34.9 Å². The lowest BCUT2D eigenvalue weighted by Gasteiger charge is -2.23. The summed E-state index contributed by atoms with van der Waals surface area (Å²) in [5.41, 5.74) is 2.90. The summed E-state index contributed by atoms with van der Waals surface area (Å²) in [4.78, 5) is 12.7. The minimum atomic E-state index is -0.488. The Morgan fingerprint density at radius 2 is 2.09 bits per heavy atom. The zero-order valence-electron chi connectivity index (χ0n) is 13.6. The van der Waals surface area contributed by atoms with Crippen LogP contribution in [0, 0.1) is 5.92 Å². The van der Waals surface area contributed by atoms with E-state index in [1.807, 2.05) is 32.9 Å². The molecule has 4 heteroatoms. The van der Waals surface area contributed by atoms with Crippen LogP contribution < -0.4 is 0 Å². The molecule has 22 heavy (non-hydrogen) atoms. The van der Waals surface area contributed by atoms with Crippen molar-refractivity contribution in [1.82, 2.24) is 4.57 Å². The summed E-state index contributed by atoms with van der Waals surface area (Å²) in [6, 6.07) is 6.11. The third-order valence-electron chi connectivity index (χ3n) is 4.15. The normalized spacial score (nSPS) is 18.3. The highest BCUT2D eigenvalue weighted by atomic mass is 79.9. The van der Waals surface area contributed by atoms with Crippen LogP contribution in [0.4, 0.5) is 4.79 Å². The van der Waals surface area contributed by atoms with E-state index in [4.69, 9.17) is 4.74 Å². The summed E-state index contributed by atoms with van der Waals surface area (Å²) >= 11 is 3.55. The first-order chi connectivity index (χ1) is 10.3. The zero-order valence-corrected chi connectivity index (χ0v) is 15.2. The lowest BCUT2D eigenvalue weighted by atomic mass is 9.88. The van der Waals surface area contributed by atoms with Crippen LogP contribution in [0.5, 0.6) is 0 Å². The summed E-state index contributed by atoms with van der Waals surface area (Å²) < 4.78 is 8.46. The standard InChI is InChI=1S/C18H22BrNO2/c1-11-5-7-15-13(9-11)14-10-12(19)6-8-16(14)20(15)17(21)22-18(2,3)4/h6,8,10-11H,5,7,9H2,1-4H3. The monoisotopic (exact) mass is 363 g/mol. The Bertz CT molecular complexity index is 740. The molecular formula is C18H22BrNO2. The molecule has 0 aliphatic heterocycles. The van der Waals surface area contributed by atoms with Gasteiger partial charge in [0.25, 0.3) is 0 Å². The maximum atomic E-state index is 12.7. The van der Waals surface area contributed by atoms with Gasteiger partial charge in [-0.2, -0.15) is 0 Å². The van der Waals surface area contributed by atoms with Crippen LogP contribution in [0.15, 0.2) is 22.7 Å². The molecule has 118 valence electrons. The van der Waals surface area contributed by atoms with Crippen LogP contribution in [-0.2, 0) is 17.6 Å². The topological polar surface area (TPSA) is 31.2 Å². The van der Waals surface area contributed by atoms with E-state index in [1.165, 1.54) is 10.9 Å². The SMILES string of the molecule is CC1CCc2c(c3cc(Br)ccc3n2C(=O)OC(C)(C)C)C1. The fourth-order valence-electron chi connectivity index (χ4n) is 3.22. The van der Waals surface area contributed by atoms with Crippen LogP contribution >= 0.6 is 15.9 Å². The van der Waals surface area contributed by atoms with E-state index < -0.39 is 5.60 Å². The van der Waals surface area contributed by atoms with Crippen molar-refractivity contribution in [3.05, 3.63) is 33.9 Å². The summed E-state index contributed by atoms with van der Waals surface area (Å²) in [5, 5.41) is 1.17. The molecule has 1 unspecified atom stereocenters. The molecule has 0 N–H and O–H groups in total. The minimum Gasteiger partial charge on any atom is -0.443 e. The lowest BCUT2D eigenvalue weighted by Crippen LogP contribution is -2.28. The molecule has 0 amide bonds. The van der Waals surface area contributed by atoms with Gasteiger partial charge in [0.05, 0.1) is 5.52 Å². The molecule has 0 saturated carbocycles. The molecule has 3 rings (SSSR count). The van der Waals surface area contributed by atoms with E-state index in [-0.39, 0.29) is 6.09 Å². The summed E-state index contributed by atoms with van der Waals surface area (Å²) in [6.07, 6.45) is 2.81. The molecule has 0 saturated heterocycles. The molecule has 1 heterocycles. The summed E-state index contributed by atoms with van der Waals surface area (Å²) in [6.45, 7) is 7.99. The second kappa shape index (κ2) is 5.41. The highest BCUT2D eigenvalue weighted by Crippen LogP contribution is 2.36. The maximum Gasteiger partial charge on any atom is 0.419 e. The summed E-state index contributed by atoms with van der Waals surface area (Å²) in [5.74, 6) is 0.657. The molecule has 1 aromatic carbocycles. The molecule has 2 aromatic rings. The number of fused-ring (bicyclic) bond motifs is 3. The predicted octanol–water partition coefficient (Wildman–Crippen LogP) is 5.31. The first-order valence-corrected chi connectivity index (χ1v) is 8.60. The van der Waals surface area contributed by atoms with Gasteiger partial charge >= 0.3 is 6.09 Å². The number of ether oxygens (including phenoxy) is 1. The summed E-state index contributed by atoms with van der Waals surface area (Å²) in [7, 11) is 0. The highest BCUT2D eigenvalue weighted by Gasteiger charge is 2.28. The fraction of sp³-hybridized carbons (Fsp3) is 0.500. The van der Waals surface area contributed by atoms with E-state index >= 15 is 0 Å². The Labute approximate surface area is 139 Å². The molecule has 1 aliphatic rings. The first-order valence-electron chi connectivity index (χ1n) is 7.81. The molecule has 1 aliphatic carbocycles. The average Bonchev–Trinajstić information content (AvgIpc) is 2.70. The van der Waals surface area contributed by atoms with Crippen molar-refractivity contribution in [3.8, 4) is 0 Å². The Morgan fingerprint density at radius 3 is 2.77 bits per heavy atom. The quantitative estimate of drug-likeness (QED) is 0.634. The van der Waals surface area contributed by atoms with Gasteiger partial charge in [-0.05, 0) is 69.7 Å². The predicted molar refractivity (Wildman–Crippen MR) is 92.5 cm³/mol. The molecule has 1 atom stereocenters. The van der Waals surface area contributed by atoms with Crippen molar-refractivity contribution in [2.75, 3.05) is 0 Å². The smallest absolute Gasteiger partial charge is 0.419 e. The zero-order chi connectivity index (χ0) is 16.1. The third kappa shape index (κ3) is 2.81. The Balaban J connectivity index is 2.19. The molecule has 3 nitrogen and oxygen atoms in total. The van der Waals surface area contributed by atoms with Crippen molar-refractivity contribution in [2.24, 2.45) is 5.92 Å². The third-order valence-corrected chi connectivity index (χ3v) is 4.64. The number of aromatic nitrogens is 1. The second-order valence-corrected chi connectivity index (χ2v) is 8.17. The van der Waals surface area contributed by atoms with Crippen LogP contribution in [0.25, 0.3) is 10.9 Å². The fourth-order valence-corrected chi connectivity index (χ4v) is 3.58. The number of hydrogen-bond acceptors (Lipinski definition) is 2. The number of nitrogens with zero attached hydrogens (tertiary/aromatic N) is 1. The van der Waals surface area contributed by atoms with Crippen LogP contribution in [-0.4, -0.2) is 16.3 Å². The van der Waals surface area contributed by atoms with Gasteiger partial charge in [-0.25, -0.2) is 9.36 Å². The number of hydrogen-bond donors (Lipinski definition) is 0. The van der Waals surface area contributed by atoms with E-state index in [9.17, 15) is 4.79 Å². The van der Waals surface area contributed by atoms with E-state index in [0.29, 0.717) is 5.92 Å². The van der Waals surface area contributed by atoms with E-state index in [1.54, 1.807) is 4.57 Å². The minimum absolute atomic E-state index is 0.268. The van der Waals surface area contributed by atoms with Crippen molar-refractivity contribution in [3.63, 3.8) is 0 Å². The van der Waals surface area contributed by atoms with Gasteiger partial charge in [-0.15, -0.1) is 0 Å². The molecule has 0 spiro atoms. The van der Waals surface area contributed by atoms with Gasteiger partial charge in [0, 0.05) is 15.6 Å². The van der Waals surface area contributed by atoms with Crippen molar-refractivity contribution in [1.29, 1.82) is 0 Å². The Hall–Kier alpha value is -1.29. The van der Waals surface area contributed by atoms with Crippen molar-refractivity contribution >= 4 is 32.9 Å². The average molecular weight is 364 g/mol. The second-order valence-electron chi connectivity index (χ2n) is 7.25. The van der Waals surface area contributed by atoms with Gasteiger partial charge in [0.15, 0.2) is 0 Å². The van der Waals surface area contributed by atoms with E-state index in [2.05, 4.69) is 28.9 Å². The van der Waals surface area contributed by atoms with Crippen LogP contribution in [0.3, 0.4) is 0 Å². The van der Waals surface area contributed by atoms with Gasteiger partial charge in [-0.3, -0.25) is 0 Å². The first kappa shape index (κ1) is 15.6. The number of carbonyl (C=O) groups excluding carboxylic acids is 1. The van der Waals surface area contributed by atoms with Gasteiger partial charge in [0.1, 0.15) is 5.60 Å². The van der Waals surface area contributed by atoms with Crippen LogP contribution in [0.2, 0.25) is 0 Å². The highest BCUT2D eigenvalue weighted by molar-refractivity contribution is 9.10. The number of carbonyl (C=O) groups is 1. The molecule has 1 aromatic heterocycles. The molecule has 0 bridgehead atoms. The molecule has 0 fully saturated rings. The lowest BCUT2D eigenvalue weighted by molar-refractivity contribution is 0.0539. The largest absolute Gasteiger partial charge is 0.443 e. The Kier molecular flexibility index (Phi) is 3.84. The molecule has 0 radical (unpaired) electrons. The molecular weight excluding hydrogens is 342 g/mol. The Morgan fingerprint density at radius 1 is 1.36 bits per heavy atom.